The molecule has 168 valence electrons. The van der Waals surface area contributed by atoms with Gasteiger partial charge in [-0.15, -0.1) is 0 Å². The van der Waals surface area contributed by atoms with E-state index in [1.807, 2.05) is 43.3 Å². The third kappa shape index (κ3) is 3.93. The smallest absolute Gasteiger partial charge is 0.184 e. The van der Waals surface area contributed by atoms with E-state index in [1.54, 1.807) is 39.8 Å². The average molecular weight is 455 g/mol. The van der Waals surface area contributed by atoms with Crippen molar-refractivity contribution in [3.63, 3.8) is 0 Å². The lowest BCUT2D eigenvalue weighted by molar-refractivity contribution is 0.341. The summed E-state index contributed by atoms with van der Waals surface area (Å²) in [7, 11) is 6.56. The minimum atomic E-state index is 0.494. The summed E-state index contributed by atoms with van der Waals surface area (Å²) >= 11 is 1.58. The molecule has 4 rings (SSSR count). The van der Waals surface area contributed by atoms with Crippen molar-refractivity contribution in [1.82, 2.24) is 4.98 Å². The second-order valence-corrected chi connectivity index (χ2v) is 7.96. The Kier molecular flexibility index (Phi) is 6.41. The third-order valence-corrected chi connectivity index (χ3v) is 6.14. The maximum Gasteiger partial charge on any atom is 0.184 e. The molecule has 0 bridgehead atoms. The number of thiazole rings is 1. The zero-order valence-electron chi connectivity index (χ0n) is 18.8. The molecular weight excluding hydrogens is 428 g/mol. The van der Waals surface area contributed by atoms with Gasteiger partial charge in [-0.25, -0.2) is 4.98 Å². The van der Waals surface area contributed by atoms with Crippen molar-refractivity contribution in [3.8, 4) is 28.7 Å². The molecule has 0 atom stereocenters. The summed E-state index contributed by atoms with van der Waals surface area (Å²) in [5.74, 6) is 3.59. The second kappa shape index (κ2) is 9.40. The first-order valence-electron chi connectivity index (χ1n) is 10.2. The van der Waals surface area contributed by atoms with Crippen LogP contribution in [0.3, 0.4) is 0 Å². The summed E-state index contributed by atoms with van der Waals surface area (Å²) in [4.78, 5) is 4.69. The van der Waals surface area contributed by atoms with E-state index in [0.717, 1.165) is 37.4 Å². The number of hydrogen-bond donors (Lipinski definition) is 1. The minimum Gasteiger partial charge on any atom is -0.496 e. The van der Waals surface area contributed by atoms with Crippen LogP contribution in [0.15, 0.2) is 36.4 Å². The number of nitrogens with zero attached hydrogens (tertiary/aromatic N) is 1. The molecule has 1 N–H and O–H groups in total. The number of nitrogens with one attached hydrogen (secondary N) is 1. The van der Waals surface area contributed by atoms with Gasteiger partial charge in [-0.3, -0.25) is 0 Å². The Bertz CT molecular complexity index is 1250. The largest absolute Gasteiger partial charge is 0.496 e. The monoisotopic (exact) mass is 454 g/mol. The van der Waals surface area contributed by atoms with Crippen LogP contribution >= 0.6 is 11.3 Å². The number of fused-ring (bicyclic) bond motifs is 2. The normalized spacial score (nSPS) is 10.9. The lowest BCUT2D eigenvalue weighted by Gasteiger charge is -2.19. The fourth-order valence-electron chi connectivity index (χ4n) is 3.76. The lowest BCUT2D eigenvalue weighted by atomic mass is 10.0. The van der Waals surface area contributed by atoms with E-state index in [1.165, 1.54) is 0 Å². The van der Waals surface area contributed by atoms with Gasteiger partial charge in [-0.1, -0.05) is 11.3 Å². The van der Waals surface area contributed by atoms with E-state index < -0.39 is 0 Å². The van der Waals surface area contributed by atoms with Crippen LogP contribution in [-0.2, 0) is 6.54 Å². The van der Waals surface area contributed by atoms with Crippen LogP contribution < -0.4 is 29.0 Å². The third-order valence-electron chi connectivity index (χ3n) is 5.16. The van der Waals surface area contributed by atoms with Gasteiger partial charge >= 0.3 is 0 Å². The molecule has 4 aromatic rings. The quantitative estimate of drug-likeness (QED) is 0.358. The van der Waals surface area contributed by atoms with Crippen molar-refractivity contribution in [2.75, 3.05) is 40.4 Å². The van der Waals surface area contributed by atoms with Crippen LogP contribution in [0.2, 0.25) is 0 Å². The highest BCUT2D eigenvalue weighted by Gasteiger charge is 2.21. The van der Waals surface area contributed by atoms with Gasteiger partial charge in [-0.2, -0.15) is 0 Å². The van der Waals surface area contributed by atoms with Crippen LogP contribution in [0.5, 0.6) is 28.7 Å². The molecule has 0 spiro atoms. The first-order valence-corrected chi connectivity index (χ1v) is 11.0. The predicted octanol–water partition coefficient (Wildman–Crippen LogP) is 5.49. The predicted molar refractivity (Wildman–Crippen MR) is 128 cm³/mol. The maximum atomic E-state index is 5.83. The fourth-order valence-corrected chi connectivity index (χ4v) is 4.65. The van der Waals surface area contributed by atoms with Gasteiger partial charge < -0.3 is 29.0 Å². The Morgan fingerprint density at radius 3 is 2.22 bits per heavy atom. The molecule has 8 heteroatoms. The molecule has 0 radical (unpaired) electrons. The number of methoxy groups -OCH3 is 4. The summed E-state index contributed by atoms with van der Waals surface area (Å²) in [6.45, 7) is 3.10. The highest BCUT2D eigenvalue weighted by Crippen LogP contribution is 2.46. The van der Waals surface area contributed by atoms with E-state index in [2.05, 4.69) is 10.3 Å². The molecule has 0 amide bonds. The Morgan fingerprint density at radius 2 is 1.56 bits per heavy atom. The Balaban J connectivity index is 1.73. The van der Waals surface area contributed by atoms with E-state index in [9.17, 15) is 0 Å². The molecule has 0 aliphatic carbocycles. The molecule has 1 heterocycles. The summed E-state index contributed by atoms with van der Waals surface area (Å²) < 4.78 is 29.4. The molecule has 0 aliphatic heterocycles. The zero-order chi connectivity index (χ0) is 22.7. The highest BCUT2D eigenvalue weighted by atomic mass is 32.1. The zero-order valence-corrected chi connectivity index (χ0v) is 19.6. The second-order valence-electron chi connectivity index (χ2n) is 6.93. The molecule has 32 heavy (non-hydrogen) atoms. The van der Waals surface area contributed by atoms with E-state index in [0.29, 0.717) is 36.1 Å². The number of ether oxygens (including phenoxy) is 5. The lowest BCUT2D eigenvalue weighted by Crippen LogP contribution is -2.04. The molecular formula is C24H26N2O5S. The number of rotatable bonds is 9. The first-order chi connectivity index (χ1) is 15.6. The van der Waals surface area contributed by atoms with Crippen LogP contribution in [0.25, 0.3) is 21.0 Å². The van der Waals surface area contributed by atoms with Gasteiger partial charge in [-0.05, 0) is 43.3 Å². The van der Waals surface area contributed by atoms with Gasteiger partial charge in [0.05, 0.1) is 56.0 Å². The molecule has 0 unspecified atom stereocenters. The Labute approximate surface area is 190 Å². The number of benzene rings is 3. The molecule has 1 aromatic heterocycles. The van der Waals surface area contributed by atoms with Crippen LogP contribution in [0.4, 0.5) is 5.13 Å². The van der Waals surface area contributed by atoms with Gasteiger partial charge in [0, 0.05) is 12.1 Å². The minimum absolute atomic E-state index is 0.494. The highest BCUT2D eigenvalue weighted by molar-refractivity contribution is 7.22. The molecule has 3 aromatic carbocycles. The van der Waals surface area contributed by atoms with E-state index in [4.69, 9.17) is 23.7 Å². The molecule has 0 fully saturated rings. The van der Waals surface area contributed by atoms with Gasteiger partial charge in [0.1, 0.15) is 28.7 Å². The van der Waals surface area contributed by atoms with Crippen LogP contribution in [0, 0.1) is 0 Å². The maximum absolute atomic E-state index is 5.83. The van der Waals surface area contributed by atoms with Crippen LogP contribution in [0.1, 0.15) is 12.5 Å². The van der Waals surface area contributed by atoms with Crippen molar-refractivity contribution in [3.05, 3.63) is 42.0 Å². The molecule has 7 nitrogen and oxygen atoms in total. The van der Waals surface area contributed by atoms with E-state index >= 15 is 0 Å². The van der Waals surface area contributed by atoms with Crippen molar-refractivity contribution >= 4 is 37.5 Å². The van der Waals surface area contributed by atoms with Crippen molar-refractivity contribution in [1.29, 1.82) is 0 Å². The molecule has 0 saturated carbocycles. The number of aromatic nitrogens is 1. The summed E-state index contributed by atoms with van der Waals surface area (Å²) in [6, 6.07) is 11.6. The SMILES string of the molecule is CCOc1ccc2nc(NCc3cc(OC)c4c(OC)ccc(OC)c4c3OC)sc2c1. The van der Waals surface area contributed by atoms with Crippen molar-refractivity contribution in [2.24, 2.45) is 0 Å². The number of anilines is 1. The molecule has 0 aliphatic rings. The Hall–Kier alpha value is -3.39. The van der Waals surface area contributed by atoms with Gasteiger partial charge in [0.25, 0.3) is 0 Å². The fraction of sp³-hybridized carbons (Fsp3) is 0.292. The average Bonchev–Trinajstić information content (AvgIpc) is 3.23. The number of hydrogen-bond acceptors (Lipinski definition) is 8. The van der Waals surface area contributed by atoms with Gasteiger partial charge in [0.15, 0.2) is 5.13 Å². The summed E-state index contributed by atoms with van der Waals surface area (Å²) in [5, 5.41) is 5.84. The van der Waals surface area contributed by atoms with Gasteiger partial charge in [0.2, 0.25) is 0 Å². The Morgan fingerprint density at radius 1 is 0.844 bits per heavy atom. The van der Waals surface area contributed by atoms with Crippen molar-refractivity contribution < 1.29 is 23.7 Å². The topological polar surface area (TPSA) is 71.1 Å². The van der Waals surface area contributed by atoms with E-state index in [-0.39, 0.29) is 0 Å². The summed E-state index contributed by atoms with van der Waals surface area (Å²) in [6.07, 6.45) is 0. The summed E-state index contributed by atoms with van der Waals surface area (Å²) in [5.41, 5.74) is 1.84. The van der Waals surface area contributed by atoms with Crippen molar-refractivity contribution in [2.45, 2.75) is 13.5 Å². The first kappa shape index (κ1) is 21.8. The molecule has 0 saturated heterocycles. The standard InChI is InChI=1S/C24H26N2O5S/c1-6-31-15-7-8-16-20(12-15)32-24(26-16)25-13-14-11-19(29-4)21-17(27-2)9-10-18(28-3)22(21)23(14)30-5/h7-12H,6,13H2,1-5H3,(H,25,26). The van der Waals surface area contributed by atoms with Crippen LogP contribution in [-0.4, -0.2) is 40.0 Å².